The Morgan fingerprint density at radius 1 is 1.70 bits per heavy atom. The summed E-state index contributed by atoms with van der Waals surface area (Å²) in [7, 11) is 5.58. The van der Waals surface area contributed by atoms with Crippen LogP contribution in [-0.2, 0) is 4.79 Å². The summed E-state index contributed by atoms with van der Waals surface area (Å²) in [6.45, 7) is 4.22. The van der Waals surface area contributed by atoms with Gasteiger partial charge in [-0.2, -0.15) is 0 Å². The second-order valence-electron chi connectivity index (χ2n) is 2.33. The quantitative estimate of drug-likeness (QED) is 0.528. The van der Waals surface area contributed by atoms with Gasteiger partial charge in [-0.1, -0.05) is 20.3 Å². The first kappa shape index (κ1) is 13.1. The molecule has 0 aliphatic carbocycles. The van der Waals surface area contributed by atoms with Gasteiger partial charge in [0.2, 0.25) is 0 Å². The molecule has 1 N–H and O–H groups in total. The molecule has 0 radical (unpaired) electrons. The van der Waals surface area contributed by atoms with Crippen LogP contribution in [0.2, 0.25) is 4.55 Å². The second kappa shape index (κ2) is 12.2. The zero-order chi connectivity index (χ0) is 8.41. The number of rotatable bonds is 3. The lowest BCUT2D eigenvalue weighted by atomic mass is 10.2. The molecule has 0 saturated carbocycles. The van der Waals surface area contributed by atoms with E-state index in [0.717, 1.165) is 5.92 Å². The molecule has 0 amide bonds. The van der Waals surface area contributed by atoms with Crippen LogP contribution in [-0.4, -0.2) is 30.8 Å². The molecule has 0 aromatic heterocycles. The summed E-state index contributed by atoms with van der Waals surface area (Å²) in [5.74, 6) is 0.853. The summed E-state index contributed by atoms with van der Waals surface area (Å²) < 4.78 is 1.30. The van der Waals surface area contributed by atoms with Crippen LogP contribution in [0.3, 0.4) is 0 Å². The van der Waals surface area contributed by atoms with E-state index in [-0.39, 0.29) is 25.7 Å². The molecule has 0 heterocycles. The van der Waals surface area contributed by atoms with Gasteiger partial charge < -0.3 is 14.2 Å². The molecule has 0 fully saturated rings. The van der Waals surface area contributed by atoms with Crippen molar-refractivity contribution in [2.24, 2.45) is 5.92 Å². The standard InChI is InChI=1S/C5H11.CH2O2.ClH.Mg/c1-4-5(2)3;2-1-3;;/h5H,1,4H2,2-3H3;1H,(H,2,3);1H;/q;;;+1/p-1. The van der Waals surface area contributed by atoms with E-state index in [1.54, 1.807) is 0 Å². The Hall–Kier alpha value is 0.526. The molecule has 0 aromatic carbocycles. The van der Waals surface area contributed by atoms with Crippen molar-refractivity contribution in [2.45, 2.75) is 24.8 Å². The van der Waals surface area contributed by atoms with Crippen LogP contribution < -0.4 is 0 Å². The fourth-order valence-corrected chi connectivity index (χ4v) is 1.92. The van der Waals surface area contributed by atoms with E-state index in [4.69, 9.17) is 19.0 Å². The van der Waals surface area contributed by atoms with Gasteiger partial charge in [-0.25, -0.2) is 0 Å². The highest BCUT2D eigenvalue weighted by atomic mass is 35.5. The first-order valence-electron chi connectivity index (χ1n) is 3.32. The Morgan fingerprint density at radius 2 is 2.10 bits per heavy atom. The molecule has 4 heteroatoms. The van der Waals surface area contributed by atoms with E-state index in [0.29, 0.717) is 0 Å². The molecule has 10 heavy (non-hydrogen) atoms. The monoisotopic (exact) mass is 176 g/mol. The topological polar surface area (TPSA) is 37.3 Å². The molecule has 0 atom stereocenters. The van der Waals surface area contributed by atoms with Gasteiger partial charge in [-0.05, 0) is 5.92 Å². The summed E-state index contributed by atoms with van der Waals surface area (Å²) in [6, 6.07) is 0. The molecule has 0 aliphatic heterocycles. The molecule has 0 aromatic rings. The molecule has 0 unspecified atom stereocenters. The molecule has 0 bridgehead atoms. The Kier molecular flexibility index (Phi) is 16.1. The van der Waals surface area contributed by atoms with Gasteiger partial charge in [-0.15, -0.1) is 4.55 Å². The normalized spacial score (nSPS) is 7.60. The number of hydrogen-bond acceptors (Lipinski definition) is 1. The Morgan fingerprint density at radius 3 is 2.20 bits per heavy atom. The largest absolute Gasteiger partial charge is 0.501 e. The van der Waals surface area contributed by atoms with Crippen LogP contribution in [0.4, 0.5) is 0 Å². The average molecular weight is 177 g/mol. The average Bonchev–Trinajstić information content (AvgIpc) is 1.85. The van der Waals surface area contributed by atoms with E-state index in [1.165, 1.54) is 11.0 Å². The van der Waals surface area contributed by atoms with Crippen LogP contribution in [0.1, 0.15) is 20.3 Å². The van der Waals surface area contributed by atoms with Crippen molar-refractivity contribution in [3.63, 3.8) is 0 Å². The maximum Gasteiger partial charge on any atom is 0.501 e. The van der Waals surface area contributed by atoms with Crippen molar-refractivity contribution in [1.29, 1.82) is 0 Å². The highest BCUT2D eigenvalue weighted by molar-refractivity contribution is 6.93. The highest BCUT2D eigenvalue weighted by Crippen LogP contribution is 2.03. The zero-order valence-electron chi connectivity index (χ0n) is 6.51. The first-order valence-corrected chi connectivity index (χ1v) is 6.46. The van der Waals surface area contributed by atoms with Crippen molar-refractivity contribution in [3.05, 3.63) is 0 Å². The molecular formula is C6H13ClMgO2. The minimum Gasteiger partial charge on any atom is -0.483 e. The van der Waals surface area contributed by atoms with Gasteiger partial charge >= 0.3 is 19.3 Å². The van der Waals surface area contributed by atoms with Gasteiger partial charge in [0.25, 0.3) is 6.47 Å². The fourth-order valence-electron chi connectivity index (χ4n) is 0.485. The van der Waals surface area contributed by atoms with Gasteiger partial charge in [0, 0.05) is 0 Å². The van der Waals surface area contributed by atoms with E-state index in [1.807, 2.05) is 0 Å². The number of carboxylic acid groups (broad SMARTS) is 1. The number of carbonyl (C=O) groups is 1. The molecule has 0 rings (SSSR count). The molecule has 0 aliphatic rings. The molecule has 0 saturated heterocycles. The lowest BCUT2D eigenvalue weighted by Gasteiger charge is -1.97. The Balaban J connectivity index is 0. The third kappa shape index (κ3) is 23.6. The predicted molar refractivity (Wildman–Crippen MR) is 44.6 cm³/mol. The third-order valence-electron chi connectivity index (χ3n) is 0.915. The van der Waals surface area contributed by atoms with Crippen LogP contribution in [0.5, 0.6) is 0 Å². The van der Waals surface area contributed by atoms with Crippen LogP contribution >= 0.6 is 9.07 Å². The molecule has 58 valence electrons. The molecule has 0 spiro atoms. The number of halogens is 1. The van der Waals surface area contributed by atoms with Crippen molar-refractivity contribution in [2.75, 3.05) is 0 Å². The Labute approximate surface area is 75.5 Å². The smallest absolute Gasteiger partial charge is 0.483 e. The maximum absolute atomic E-state index is 8.36. The summed E-state index contributed by atoms with van der Waals surface area (Å²) >= 11 is -0.157. The summed E-state index contributed by atoms with van der Waals surface area (Å²) in [4.78, 5) is 8.36. The van der Waals surface area contributed by atoms with E-state index in [9.17, 15) is 0 Å². The second-order valence-corrected chi connectivity index (χ2v) is 4.55. The van der Waals surface area contributed by atoms with Crippen molar-refractivity contribution in [3.8, 4) is 0 Å². The molecule has 2 nitrogen and oxygen atoms in total. The lowest BCUT2D eigenvalue weighted by molar-refractivity contribution is -0.122. The van der Waals surface area contributed by atoms with Gasteiger partial charge in [0.1, 0.15) is 0 Å². The summed E-state index contributed by atoms with van der Waals surface area (Å²) in [5.41, 5.74) is 0. The van der Waals surface area contributed by atoms with E-state index in [2.05, 4.69) is 13.8 Å². The highest BCUT2D eigenvalue weighted by Gasteiger charge is 1.93. The van der Waals surface area contributed by atoms with E-state index < -0.39 is 0 Å². The fraction of sp³-hybridized carbons (Fsp3) is 0.833. The maximum atomic E-state index is 8.36. The Bertz CT molecular complexity index is 68.8. The predicted octanol–water partition coefficient (Wildman–Crippen LogP) is 2.01. The number of hydrogen-bond donors (Lipinski definition) is 1. The summed E-state index contributed by atoms with van der Waals surface area (Å²) in [6.07, 6.45) is 1.33. The van der Waals surface area contributed by atoms with Crippen molar-refractivity contribution >= 4 is 34.8 Å². The van der Waals surface area contributed by atoms with E-state index >= 15 is 0 Å². The lowest BCUT2D eigenvalue weighted by Crippen LogP contribution is -1.86. The van der Waals surface area contributed by atoms with Crippen LogP contribution in [0.15, 0.2) is 0 Å². The zero-order valence-corrected chi connectivity index (χ0v) is 8.68. The SMILES string of the molecule is CC(C)C[CH2][Mg][Cl].O=CO. The van der Waals surface area contributed by atoms with Crippen molar-refractivity contribution in [1.82, 2.24) is 0 Å². The van der Waals surface area contributed by atoms with Gasteiger partial charge in [0.05, 0.1) is 0 Å². The van der Waals surface area contributed by atoms with Crippen molar-refractivity contribution < 1.29 is 9.90 Å². The summed E-state index contributed by atoms with van der Waals surface area (Å²) in [5, 5.41) is 6.89. The van der Waals surface area contributed by atoms with Crippen LogP contribution in [0.25, 0.3) is 0 Å². The van der Waals surface area contributed by atoms with Crippen LogP contribution in [0, 0.1) is 5.92 Å². The van der Waals surface area contributed by atoms with Gasteiger partial charge in [-0.3, -0.25) is 4.79 Å². The third-order valence-corrected chi connectivity index (χ3v) is 2.39. The molecular weight excluding hydrogens is 164 g/mol. The minimum absolute atomic E-state index is 0.157. The van der Waals surface area contributed by atoms with Gasteiger partial charge in [0.15, 0.2) is 0 Å². The first-order chi connectivity index (χ1) is 4.68. The minimum atomic E-state index is -0.250.